The molecular weight excluding hydrogens is 335 g/mol. The number of pyridine rings is 1. The lowest BCUT2D eigenvalue weighted by Crippen LogP contribution is -2.14. The van der Waals surface area contributed by atoms with Gasteiger partial charge in [-0.3, -0.25) is 4.98 Å². The first kappa shape index (κ1) is 18.9. The van der Waals surface area contributed by atoms with E-state index in [0.717, 1.165) is 23.1 Å². The van der Waals surface area contributed by atoms with Crippen molar-refractivity contribution in [1.29, 1.82) is 0 Å². The predicted octanol–water partition coefficient (Wildman–Crippen LogP) is 7.23. The molecule has 26 heavy (non-hydrogen) atoms. The number of hydrogen-bond donors (Lipinski definition) is 0. The number of benzene rings is 1. The van der Waals surface area contributed by atoms with Crippen LogP contribution in [0.2, 0.25) is 0 Å². The van der Waals surface area contributed by atoms with E-state index < -0.39 is 11.9 Å². The number of hydrogen-bond acceptors (Lipinski definition) is 1. The van der Waals surface area contributed by atoms with E-state index in [2.05, 4.69) is 18.0 Å². The third-order valence-corrected chi connectivity index (χ3v) is 5.58. The minimum absolute atomic E-state index is 0.492. The molecule has 1 saturated carbocycles. The molecule has 0 aliphatic heterocycles. The van der Waals surface area contributed by atoms with E-state index >= 15 is 0 Å². The molecule has 140 valence electrons. The van der Waals surface area contributed by atoms with Crippen LogP contribution in [-0.2, 0) is 6.18 Å². The minimum atomic E-state index is -4.39. The van der Waals surface area contributed by atoms with Crippen LogP contribution in [0.3, 0.4) is 0 Å². The van der Waals surface area contributed by atoms with Gasteiger partial charge in [-0.1, -0.05) is 56.5 Å². The van der Waals surface area contributed by atoms with Crippen LogP contribution in [0.5, 0.6) is 0 Å². The summed E-state index contributed by atoms with van der Waals surface area (Å²) in [6.45, 7) is 2.24. The summed E-state index contributed by atoms with van der Waals surface area (Å²) in [7, 11) is 0. The maximum Gasteiger partial charge on any atom is 0.433 e. The average molecular weight is 361 g/mol. The molecule has 0 bridgehead atoms. The molecule has 0 N–H and O–H groups in total. The highest BCUT2D eigenvalue weighted by Crippen LogP contribution is 2.41. The molecule has 3 rings (SSSR count). The SMILES string of the molecule is CCCC[C@H]1CC[C@H](c2ccccc2-c2ccc(C(F)(F)F)nc2)CC1. The van der Waals surface area contributed by atoms with Gasteiger partial charge in [-0.05, 0) is 54.7 Å². The van der Waals surface area contributed by atoms with Gasteiger partial charge >= 0.3 is 6.18 Å². The zero-order chi connectivity index (χ0) is 18.6. The average Bonchev–Trinajstić information content (AvgIpc) is 2.66. The van der Waals surface area contributed by atoms with Gasteiger partial charge in [-0.15, -0.1) is 0 Å². The van der Waals surface area contributed by atoms with Crippen LogP contribution in [0.4, 0.5) is 13.2 Å². The fourth-order valence-electron chi connectivity index (χ4n) is 4.09. The van der Waals surface area contributed by atoms with Crippen LogP contribution in [0.15, 0.2) is 42.6 Å². The summed E-state index contributed by atoms with van der Waals surface area (Å²) in [5, 5.41) is 0. The lowest BCUT2D eigenvalue weighted by atomic mass is 9.75. The molecule has 4 heteroatoms. The summed E-state index contributed by atoms with van der Waals surface area (Å²) in [6.07, 6.45) is 5.69. The van der Waals surface area contributed by atoms with Crippen LogP contribution in [0.1, 0.15) is 69.0 Å². The highest BCUT2D eigenvalue weighted by atomic mass is 19.4. The van der Waals surface area contributed by atoms with E-state index in [1.54, 1.807) is 6.07 Å². The van der Waals surface area contributed by atoms with Crippen LogP contribution in [-0.4, -0.2) is 4.98 Å². The van der Waals surface area contributed by atoms with E-state index in [0.29, 0.717) is 5.92 Å². The predicted molar refractivity (Wildman–Crippen MR) is 98.9 cm³/mol. The summed E-state index contributed by atoms with van der Waals surface area (Å²) in [4.78, 5) is 3.63. The van der Waals surface area contributed by atoms with Gasteiger partial charge in [0.25, 0.3) is 0 Å². The number of unbranched alkanes of at least 4 members (excludes halogenated alkanes) is 1. The largest absolute Gasteiger partial charge is 0.433 e. The lowest BCUT2D eigenvalue weighted by Gasteiger charge is -2.30. The van der Waals surface area contributed by atoms with Gasteiger partial charge < -0.3 is 0 Å². The molecule has 1 aromatic carbocycles. The Kier molecular flexibility index (Phi) is 6.00. The fraction of sp³-hybridized carbons (Fsp3) is 0.500. The van der Waals surface area contributed by atoms with Gasteiger partial charge in [0.15, 0.2) is 0 Å². The van der Waals surface area contributed by atoms with Crippen molar-refractivity contribution in [2.75, 3.05) is 0 Å². The smallest absolute Gasteiger partial charge is 0.251 e. The molecule has 1 aliphatic carbocycles. The Morgan fingerprint density at radius 1 is 1.00 bits per heavy atom. The monoisotopic (exact) mass is 361 g/mol. The second-order valence-corrected chi connectivity index (χ2v) is 7.38. The van der Waals surface area contributed by atoms with E-state index in [1.165, 1.54) is 56.7 Å². The Balaban J connectivity index is 1.77. The van der Waals surface area contributed by atoms with Crippen LogP contribution >= 0.6 is 0 Å². The van der Waals surface area contributed by atoms with Crippen molar-refractivity contribution in [3.8, 4) is 11.1 Å². The quantitative estimate of drug-likeness (QED) is 0.547. The molecule has 0 radical (unpaired) electrons. The molecule has 0 amide bonds. The molecule has 1 nitrogen and oxygen atoms in total. The van der Waals surface area contributed by atoms with E-state index in [9.17, 15) is 13.2 Å². The van der Waals surface area contributed by atoms with Crippen molar-refractivity contribution in [1.82, 2.24) is 4.98 Å². The van der Waals surface area contributed by atoms with Crippen LogP contribution in [0.25, 0.3) is 11.1 Å². The van der Waals surface area contributed by atoms with Gasteiger partial charge in [0.05, 0.1) is 0 Å². The van der Waals surface area contributed by atoms with E-state index in [-0.39, 0.29) is 0 Å². The number of nitrogens with zero attached hydrogens (tertiary/aromatic N) is 1. The topological polar surface area (TPSA) is 12.9 Å². The van der Waals surface area contributed by atoms with Crippen molar-refractivity contribution in [2.45, 2.75) is 64.0 Å². The Morgan fingerprint density at radius 3 is 2.35 bits per heavy atom. The molecule has 0 spiro atoms. The first-order valence-electron chi connectivity index (χ1n) is 9.61. The number of aromatic nitrogens is 1. The molecule has 0 unspecified atom stereocenters. The lowest BCUT2D eigenvalue weighted by molar-refractivity contribution is -0.141. The third-order valence-electron chi connectivity index (χ3n) is 5.58. The van der Waals surface area contributed by atoms with E-state index in [1.807, 2.05) is 18.2 Å². The zero-order valence-electron chi connectivity index (χ0n) is 15.2. The van der Waals surface area contributed by atoms with Gasteiger partial charge in [0, 0.05) is 11.8 Å². The molecule has 1 aromatic heterocycles. The first-order chi connectivity index (χ1) is 12.5. The van der Waals surface area contributed by atoms with Gasteiger partial charge in [-0.2, -0.15) is 13.2 Å². The number of halogens is 3. The minimum Gasteiger partial charge on any atom is -0.251 e. The Labute approximate surface area is 153 Å². The summed E-state index contributed by atoms with van der Waals surface area (Å²) in [5.41, 5.74) is 2.20. The summed E-state index contributed by atoms with van der Waals surface area (Å²) in [6, 6.07) is 10.7. The second kappa shape index (κ2) is 8.24. The molecule has 0 saturated heterocycles. The van der Waals surface area contributed by atoms with Crippen LogP contribution in [0, 0.1) is 5.92 Å². The Bertz CT molecular complexity index is 698. The normalized spacial score (nSPS) is 20.9. The maximum absolute atomic E-state index is 12.8. The molecular formula is C22H26F3N. The van der Waals surface area contributed by atoms with Crippen molar-refractivity contribution in [3.63, 3.8) is 0 Å². The van der Waals surface area contributed by atoms with Crippen molar-refractivity contribution in [3.05, 3.63) is 53.9 Å². The van der Waals surface area contributed by atoms with Crippen LogP contribution < -0.4 is 0 Å². The third kappa shape index (κ3) is 4.46. The molecule has 1 heterocycles. The summed E-state index contributed by atoms with van der Waals surface area (Å²) >= 11 is 0. The Morgan fingerprint density at radius 2 is 1.73 bits per heavy atom. The fourth-order valence-corrected chi connectivity index (χ4v) is 4.09. The summed E-state index contributed by atoms with van der Waals surface area (Å²) < 4.78 is 38.3. The molecule has 2 aromatic rings. The standard InChI is InChI=1S/C22H26F3N/c1-2-3-6-16-9-11-17(12-10-16)19-7-4-5-8-20(19)18-13-14-21(26-15-18)22(23,24)25/h4-5,7-8,13-17H,2-3,6,9-12H2,1H3/t16-,17-. The van der Waals surface area contributed by atoms with Gasteiger partial charge in [0.1, 0.15) is 5.69 Å². The van der Waals surface area contributed by atoms with Crippen molar-refractivity contribution < 1.29 is 13.2 Å². The molecule has 1 fully saturated rings. The van der Waals surface area contributed by atoms with Gasteiger partial charge in [-0.25, -0.2) is 0 Å². The highest BCUT2D eigenvalue weighted by Gasteiger charge is 2.32. The van der Waals surface area contributed by atoms with Gasteiger partial charge in [0.2, 0.25) is 0 Å². The first-order valence-corrected chi connectivity index (χ1v) is 9.61. The molecule has 1 aliphatic rings. The van der Waals surface area contributed by atoms with Crippen molar-refractivity contribution >= 4 is 0 Å². The Hall–Kier alpha value is -1.84. The molecule has 0 atom stereocenters. The second-order valence-electron chi connectivity index (χ2n) is 7.38. The van der Waals surface area contributed by atoms with E-state index in [4.69, 9.17) is 0 Å². The maximum atomic E-state index is 12.8. The number of rotatable bonds is 5. The highest BCUT2D eigenvalue weighted by molar-refractivity contribution is 5.67. The number of alkyl halides is 3. The van der Waals surface area contributed by atoms with Crippen molar-refractivity contribution in [2.24, 2.45) is 5.92 Å². The zero-order valence-corrected chi connectivity index (χ0v) is 15.2. The summed E-state index contributed by atoms with van der Waals surface area (Å²) in [5.74, 6) is 1.33.